The summed E-state index contributed by atoms with van der Waals surface area (Å²) in [6, 6.07) is 7.32. The van der Waals surface area contributed by atoms with Gasteiger partial charge in [-0.05, 0) is 32.1 Å². The maximum atomic E-state index is 11.5. The third kappa shape index (κ3) is 10.3. The molecule has 2 rings (SSSR count). The number of unbranched alkanes of at least 4 members (excludes halogenated alkanes) is 1. The van der Waals surface area contributed by atoms with Crippen LogP contribution in [0, 0.1) is 0 Å². The molecule has 2 N–H and O–H groups in total. The summed E-state index contributed by atoms with van der Waals surface area (Å²) in [6.45, 7) is 12.3. The van der Waals surface area contributed by atoms with Crippen LogP contribution in [0.1, 0.15) is 19.8 Å². The second kappa shape index (κ2) is 15.3. The Hall–Kier alpha value is -2.24. The Morgan fingerprint density at radius 1 is 1.16 bits per heavy atom. The molecule has 0 unspecified atom stereocenters. The van der Waals surface area contributed by atoms with Crippen LogP contribution in [-0.2, 0) is 7.05 Å². The Morgan fingerprint density at radius 3 is 2.44 bits per heavy atom. The van der Waals surface area contributed by atoms with Crippen LogP contribution in [0.3, 0.4) is 0 Å². The quantitative estimate of drug-likeness (QED) is 0.599. The maximum absolute atomic E-state index is 11.5. The van der Waals surface area contributed by atoms with Crippen LogP contribution in [0.4, 0.5) is 0 Å². The fourth-order valence-electron chi connectivity index (χ4n) is 1.80. The number of aryl methyl sites for hydroxylation is 1. The molecular weight excluding hydrogens is 312 g/mol. The minimum Gasteiger partial charge on any atom is -0.318 e. The van der Waals surface area contributed by atoms with Gasteiger partial charge in [0.15, 0.2) is 0 Å². The van der Waals surface area contributed by atoms with E-state index in [0.29, 0.717) is 5.39 Å². The fourth-order valence-corrected chi connectivity index (χ4v) is 1.80. The first-order chi connectivity index (χ1) is 12.1. The summed E-state index contributed by atoms with van der Waals surface area (Å²) >= 11 is 0. The first kappa shape index (κ1) is 22.8. The second-order valence-corrected chi connectivity index (χ2v) is 5.36. The average molecular weight is 345 g/mol. The number of fused-ring (bicyclic) bond motifs is 1. The van der Waals surface area contributed by atoms with Crippen molar-refractivity contribution in [3.8, 4) is 0 Å². The molecule has 0 aliphatic rings. The van der Waals surface area contributed by atoms with E-state index in [4.69, 9.17) is 0 Å². The molecule has 25 heavy (non-hydrogen) atoms. The van der Waals surface area contributed by atoms with Crippen molar-refractivity contribution in [3.63, 3.8) is 0 Å². The number of benzene rings is 1. The summed E-state index contributed by atoms with van der Waals surface area (Å²) in [5, 5.41) is 7.08. The molecule has 0 fully saturated rings. The molecule has 0 radical (unpaired) electrons. The predicted octanol–water partition coefficient (Wildman–Crippen LogP) is 2.89. The van der Waals surface area contributed by atoms with Gasteiger partial charge in [0, 0.05) is 20.1 Å². The average Bonchev–Trinajstić information content (AvgIpc) is 2.66. The number of hydrogen-bond acceptors (Lipinski definition) is 4. The number of aromatic nitrogens is 2. The second-order valence-electron chi connectivity index (χ2n) is 5.36. The number of likely N-dealkylation sites (N-methyl/N-ethyl adjacent to an activating group) is 1. The minimum atomic E-state index is 0.000556. The third-order valence-corrected chi connectivity index (χ3v) is 3.25. The lowest BCUT2D eigenvalue weighted by Gasteiger charge is -2.00. The number of hydrogen-bond donors (Lipinski definition) is 2. The lowest BCUT2D eigenvalue weighted by Crippen LogP contribution is -2.25. The molecule has 1 heterocycles. The highest BCUT2D eigenvalue weighted by Crippen LogP contribution is 2.03. The van der Waals surface area contributed by atoms with Gasteiger partial charge in [0.1, 0.15) is 0 Å². The van der Waals surface area contributed by atoms with Gasteiger partial charge in [-0.25, -0.2) is 4.98 Å². The molecule has 0 bridgehead atoms. The normalized spacial score (nSPS) is 9.40. The zero-order valence-electron chi connectivity index (χ0n) is 15.8. The zero-order chi connectivity index (χ0) is 18.9. The molecule has 0 spiro atoms. The van der Waals surface area contributed by atoms with Crippen molar-refractivity contribution in [1.82, 2.24) is 20.2 Å². The molecule has 0 aliphatic heterocycles. The highest BCUT2D eigenvalue weighted by molar-refractivity contribution is 5.76. The van der Waals surface area contributed by atoms with Gasteiger partial charge in [-0.15, -0.1) is 0 Å². The molecule has 0 saturated carbocycles. The molecule has 1 aromatic heterocycles. The molecule has 0 saturated heterocycles. The van der Waals surface area contributed by atoms with Crippen LogP contribution < -0.4 is 16.2 Å². The number of nitrogens with one attached hydrogen (secondary N) is 2. The van der Waals surface area contributed by atoms with E-state index in [1.54, 1.807) is 25.3 Å². The van der Waals surface area contributed by atoms with Gasteiger partial charge in [-0.1, -0.05) is 50.8 Å². The molecule has 0 aliphatic carbocycles. The van der Waals surface area contributed by atoms with Crippen molar-refractivity contribution in [2.45, 2.75) is 19.8 Å². The van der Waals surface area contributed by atoms with Crippen molar-refractivity contribution in [1.29, 1.82) is 0 Å². The Morgan fingerprint density at radius 2 is 1.84 bits per heavy atom. The van der Waals surface area contributed by atoms with Gasteiger partial charge < -0.3 is 15.2 Å². The third-order valence-electron chi connectivity index (χ3n) is 3.25. The molecule has 2 aromatic rings. The first-order valence-electron chi connectivity index (χ1n) is 8.61. The van der Waals surface area contributed by atoms with Crippen LogP contribution in [-0.4, -0.2) is 36.2 Å². The predicted molar refractivity (Wildman–Crippen MR) is 109 cm³/mol. The molecule has 5 nitrogen and oxygen atoms in total. The minimum absolute atomic E-state index is 0.000556. The van der Waals surface area contributed by atoms with Gasteiger partial charge >= 0.3 is 0 Å². The lowest BCUT2D eigenvalue weighted by atomic mass is 10.2. The molecule has 1 aromatic carbocycles. The van der Waals surface area contributed by atoms with Gasteiger partial charge in [-0.2, -0.15) is 0 Å². The zero-order valence-corrected chi connectivity index (χ0v) is 15.8. The Balaban J connectivity index is 0.000000394. The monoisotopic (exact) mass is 344 g/mol. The number of para-hydroxylation sites is 1. The van der Waals surface area contributed by atoms with E-state index in [9.17, 15) is 4.79 Å². The van der Waals surface area contributed by atoms with Crippen molar-refractivity contribution in [2.75, 3.05) is 26.7 Å². The van der Waals surface area contributed by atoms with Crippen LogP contribution in [0.25, 0.3) is 10.9 Å². The highest BCUT2D eigenvalue weighted by Gasteiger charge is 1.98. The van der Waals surface area contributed by atoms with Gasteiger partial charge in [-0.3, -0.25) is 4.79 Å². The van der Waals surface area contributed by atoms with E-state index in [2.05, 4.69) is 35.7 Å². The standard InChI is InChI=1S/C9H8N2O.C7H18N2.C4H6/c1-11-6-10-8-5-3-2-4-7(8)9(11)12;1-3-4-5-9-7-6-8-2;1-3-4-2/h2-6H,1H3;8-9H,3-7H2,1-2H3;3-4H,1-2H2. The van der Waals surface area contributed by atoms with E-state index in [0.717, 1.165) is 25.2 Å². The molecular formula is C20H32N4O. The van der Waals surface area contributed by atoms with E-state index in [-0.39, 0.29) is 5.56 Å². The van der Waals surface area contributed by atoms with Crippen LogP contribution >= 0.6 is 0 Å². The summed E-state index contributed by atoms with van der Waals surface area (Å²) in [7, 11) is 3.67. The SMILES string of the molecule is C=CC=C.CCCCNCCNC.Cn1cnc2ccccc2c1=O. The van der Waals surface area contributed by atoms with Crippen molar-refractivity contribution in [3.05, 3.63) is 66.3 Å². The largest absolute Gasteiger partial charge is 0.318 e. The van der Waals surface area contributed by atoms with Gasteiger partial charge in [0.25, 0.3) is 5.56 Å². The van der Waals surface area contributed by atoms with Crippen molar-refractivity contribution >= 4 is 10.9 Å². The lowest BCUT2D eigenvalue weighted by molar-refractivity contribution is 0.619. The van der Waals surface area contributed by atoms with E-state index >= 15 is 0 Å². The molecule has 5 heteroatoms. The van der Waals surface area contributed by atoms with Crippen molar-refractivity contribution < 1.29 is 0 Å². The molecule has 138 valence electrons. The highest BCUT2D eigenvalue weighted by atomic mass is 16.1. The summed E-state index contributed by atoms with van der Waals surface area (Å²) in [5.41, 5.74) is 0.751. The van der Waals surface area contributed by atoms with Crippen LogP contribution in [0.15, 0.2) is 60.7 Å². The van der Waals surface area contributed by atoms with Gasteiger partial charge in [0.05, 0.1) is 17.2 Å². The van der Waals surface area contributed by atoms with E-state index < -0.39 is 0 Å². The smallest absolute Gasteiger partial charge is 0.260 e. The summed E-state index contributed by atoms with van der Waals surface area (Å²) in [4.78, 5) is 15.6. The topological polar surface area (TPSA) is 58.9 Å². The van der Waals surface area contributed by atoms with Crippen molar-refractivity contribution in [2.24, 2.45) is 7.05 Å². The van der Waals surface area contributed by atoms with E-state index in [1.165, 1.54) is 23.7 Å². The molecule has 0 atom stereocenters. The summed E-state index contributed by atoms with van der Waals surface area (Å²) < 4.78 is 1.47. The van der Waals surface area contributed by atoms with Gasteiger partial charge in [0.2, 0.25) is 0 Å². The maximum Gasteiger partial charge on any atom is 0.260 e. The molecule has 0 amide bonds. The first-order valence-corrected chi connectivity index (χ1v) is 8.61. The fraction of sp³-hybridized carbons (Fsp3) is 0.400. The number of nitrogens with zero attached hydrogens (tertiary/aromatic N) is 2. The van der Waals surface area contributed by atoms with Crippen LogP contribution in [0.5, 0.6) is 0 Å². The Labute approximate surface area is 151 Å². The number of allylic oxidation sites excluding steroid dienone is 2. The Bertz CT molecular complexity index is 652. The number of rotatable bonds is 7. The summed E-state index contributed by atoms with van der Waals surface area (Å²) in [6.07, 6.45) is 7.39. The Kier molecular flexibility index (Phi) is 13.9. The summed E-state index contributed by atoms with van der Waals surface area (Å²) in [5.74, 6) is 0. The van der Waals surface area contributed by atoms with E-state index in [1.807, 2.05) is 25.2 Å². The van der Waals surface area contributed by atoms with Crippen LogP contribution in [0.2, 0.25) is 0 Å².